The highest BCUT2D eigenvalue weighted by atomic mass is 19.1. The number of nitrogens with one attached hydrogen (secondary N) is 1. The molecule has 0 fully saturated rings. The molecule has 0 atom stereocenters. The average Bonchev–Trinajstić information content (AvgIpc) is 3.02. The smallest absolute Gasteiger partial charge is 0.355 e. The van der Waals surface area contributed by atoms with Gasteiger partial charge in [-0.25, -0.2) is 9.18 Å². The normalized spacial score (nSPS) is 10.7. The lowest BCUT2D eigenvalue weighted by molar-refractivity contribution is 0.0519. The number of hydrogen-bond acceptors (Lipinski definition) is 3. The van der Waals surface area contributed by atoms with E-state index in [1.807, 2.05) is 44.2 Å². The molecule has 0 aliphatic carbocycles. The van der Waals surface area contributed by atoms with Crippen LogP contribution in [0.15, 0.2) is 54.6 Å². The van der Waals surface area contributed by atoms with Crippen LogP contribution in [0.1, 0.15) is 50.2 Å². The molecule has 0 bridgehead atoms. The topological polar surface area (TPSA) is 62.4 Å². The summed E-state index contributed by atoms with van der Waals surface area (Å²) in [5, 5.41) is 0. The Balaban J connectivity index is 1.96. The highest BCUT2D eigenvalue weighted by molar-refractivity contribution is 5.94. The summed E-state index contributed by atoms with van der Waals surface area (Å²) in [5.74, 6) is -1.40. The van der Waals surface area contributed by atoms with Gasteiger partial charge in [-0.2, -0.15) is 0 Å². The van der Waals surface area contributed by atoms with Gasteiger partial charge < -0.3 is 14.6 Å². The van der Waals surface area contributed by atoms with E-state index in [1.54, 1.807) is 24.0 Å². The highest BCUT2D eigenvalue weighted by Crippen LogP contribution is 2.23. The molecule has 156 valence electrons. The van der Waals surface area contributed by atoms with E-state index in [0.717, 1.165) is 22.4 Å². The SMILES string of the molecule is CCOC(=O)c1[nH]c(C)c(CN(Cc2ccccc2)C(=O)c2ccccc2F)c1C. The molecular formula is C24H25FN2O3. The van der Waals surface area contributed by atoms with Crippen LogP contribution in [0.25, 0.3) is 0 Å². The zero-order valence-corrected chi connectivity index (χ0v) is 17.4. The fourth-order valence-corrected chi connectivity index (χ4v) is 3.43. The zero-order valence-electron chi connectivity index (χ0n) is 17.4. The molecule has 1 amide bonds. The van der Waals surface area contributed by atoms with E-state index >= 15 is 0 Å². The molecule has 0 unspecified atom stereocenters. The van der Waals surface area contributed by atoms with Crippen LogP contribution in [0, 0.1) is 19.7 Å². The molecule has 0 aliphatic rings. The Morgan fingerprint density at radius 1 is 1.00 bits per heavy atom. The van der Waals surface area contributed by atoms with Crippen LogP contribution >= 0.6 is 0 Å². The Labute approximate surface area is 175 Å². The number of halogens is 1. The summed E-state index contributed by atoms with van der Waals surface area (Å²) < 4.78 is 19.4. The first-order valence-electron chi connectivity index (χ1n) is 9.85. The molecule has 30 heavy (non-hydrogen) atoms. The van der Waals surface area contributed by atoms with Gasteiger partial charge in [0.15, 0.2) is 0 Å². The van der Waals surface area contributed by atoms with Crippen molar-refractivity contribution in [2.24, 2.45) is 0 Å². The minimum Gasteiger partial charge on any atom is -0.461 e. The number of aromatic nitrogens is 1. The summed E-state index contributed by atoms with van der Waals surface area (Å²) in [5.41, 5.74) is 3.64. The van der Waals surface area contributed by atoms with E-state index in [-0.39, 0.29) is 18.7 Å². The van der Waals surface area contributed by atoms with Crippen molar-refractivity contribution in [3.8, 4) is 0 Å². The summed E-state index contributed by atoms with van der Waals surface area (Å²) in [6, 6.07) is 15.5. The number of hydrogen-bond donors (Lipinski definition) is 1. The van der Waals surface area contributed by atoms with Crippen molar-refractivity contribution in [2.45, 2.75) is 33.9 Å². The number of carbonyl (C=O) groups is 2. The number of amides is 1. The lowest BCUT2D eigenvalue weighted by Crippen LogP contribution is -2.31. The van der Waals surface area contributed by atoms with Gasteiger partial charge in [-0.1, -0.05) is 42.5 Å². The van der Waals surface area contributed by atoms with E-state index < -0.39 is 17.7 Å². The number of ether oxygens (including phenoxy) is 1. The second-order valence-corrected chi connectivity index (χ2v) is 7.08. The predicted molar refractivity (Wildman–Crippen MR) is 113 cm³/mol. The van der Waals surface area contributed by atoms with Crippen LogP contribution in [-0.2, 0) is 17.8 Å². The van der Waals surface area contributed by atoms with Gasteiger partial charge in [0.25, 0.3) is 5.91 Å². The second kappa shape index (κ2) is 9.39. The number of benzene rings is 2. The van der Waals surface area contributed by atoms with Crippen molar-refractivity contribution in [1.82, 2.24) is 9.88 Å². The molecule has 0 radical (unpaired) electrons. The number of nitrogens with zero attached hydrogens (tertiary/aromatic N) is 1. The fourth-order valence-electron chi connectivity index (χ4n) is 3.43. The van der Waals surface area contributed by atoms with Gasteiger partial charge in [0.1, 0.15) is 11.5 Å². The Kier molecular flexibility index (Phi) is 6.67. The Bertz CT molecular complexity index is 1040. The van der Waals surface area contributed by atoms with Crippen molar-refractivity contribution in [3.63, 3.8) is 0 Å². The maximum atomic E-state index is 14.3. The summed E-state index contributed by atoms with van der Waals surface area (Å²) in [7, 11) is 0. The quantitative estimate of drug-likeness (QED) is 0.572. The van der Waals surface area contributed by atoms with Crippen molar-refractivity contribution in [2.75, 3.05) is 6.61 Å². The van der Waals surface area contributed by atoms with Crippen molar-refractivity contribution in [1.29, 1.82) is 0 Å². The maximum Gasteiger partial charge on any atom is 0.355 e. The number of esters is 1. The summed E-state index contributed by atoms with van der Waals surface area (Å²) >= 11 is 0. The molecule has 1 N–H and O–H groups in total. The molecule has 5 nitrogen and oxygen atoms in total. The van der Waals surface area contributed by atoms with E-state index in [4.69, 9.17) is 4.74 Å². The third-order valence-corrected chi connectivity index (χ3v) is 5.03. The first-order chi connectivity index (χ1) is 14.4. The third kappa shape index (κ3) is 4.59. The molecule has 2 aromatic carbocycles. The maximum absolute atomic E-state index is 14.3. The minimum atomic E-state index is -0.560. The fraction of sp³-hybridized carbons (Fsp3) is 0.250. The molecule has 0 spiro atoms. The number of carbonyl (C=O) groups excluding carboxylic acids is 2. The Hall–Kier alpha value is -3.41. The average molecular weight is 408 g/mol. The van der Waals surface area contributed by atoms with Gasteiger partial charge in [-0.15, -0.1) is 0 Å². The molecule has 0 saturated carbocycles. The van der Waals surface area contributed by atoms with Gasteiger partial charge >= 0.3 is 5.97 Å². The van der Waals surface area contributed by atoms with Gasteiger partial charge in [-0.3, -0.25) is 4.79 Å². The largest absolute Gasteiger partial charge is 0.461 e. The molecule has 3 aromatic rings. The molecule has 1 heterocycles. The van der Waals surface area contributed by atoms with Crippen LogP contribution < -0.4 is 0 Å². The first-order valence-corrected chi connectivity index (χ1v) is 9.85. The molecule has 1 aromatic heterocycles. The minimum absolute atomic E-state index is 0.0184. The van der Waals surface area contributed by atoms with E-state index in [0.29, 0.717) is 12.2 Å². The lowest BCUT2D eigenvalue weighted by Gasteiger charge is -2.24. The first kappa shape index (κ1) is 21.3. The van der Waals surface area contributed by atoms with Crippen molar-refractivity contribution >= 4 is 11.9 Å². The third-order valence-electron chi connectivity index (χ3n) is 5.03. The number of aromatic amines is 1. The molecule has 3 rings (SSSR count). The molecular weight excluding hydrogens is 383 g/mol. The van der Waals surface area contributed by atoms with E-state index in [2.05, 4.69) is 4.98 Å². The van der Waals surface area contributed by atoms with Crippen LogP contribution in [0.3, 0.4) is 0 Å². The van der Waals surface area contributed by atoms with Gasteiger partial charge in [0.05, 0.1) is 12.2 Å². The summed E-state index contributed by atoms with van der Waals surface area (Å²) in [4.78, 5) is 30.1. The summed E-state index contributed by atoms with van der Waals surface area (Å²) in [6.07, 6.45) is 0. The van der Waals surface area contributed by atoms with E-state index in [9.17, 15) is 14.0 Å². The second-order valence-electron chi connectivity index (χ2n) is 7.08. The highest BCUT2D eigenvalue weighted by Gasteiger charge is 2.24. The Morgan fingerprint density at radius 2 is 1.67 bits per heavy atom. The number of aryl methyl sites for hydroxylation is 1. The Morgan fingerprint density at radius 3 is 2.33 bits per heavy atom. The van der Waals surface area contributed by atoms with Crippen molar-refractivity contribution in [3.05, 3.63) is 94.1 Å². The molecule has 0 saturated heterocycles. The van der Waals surface area contributed by atoms with Crippen LogP contribution in [0.4, 0.5) is 4.39 Å². The van der Waals surface area contributed by atoms with Gasteiger partial charge in [-0.05, 0) is 49.6 Å². The van der Waals surface area contributed by atoms with Crippen LogP contribution in [-0.4, -0.2) is 28.4 Å². The monoisotopic (exact) mass is 408 g/mol. The lowest BCUT2D eigenvalue weighted by atomic mass is 10.1. The standard InChI is InChI=1S/C24H25FN2O3/c1-4-30-24(29)22-16(2)20(17(3)26-22)15-27(14-18-10-6-5-7-11-18)23(28)19-12-8-9-13-21(19)25/h5-13,26H,4,14-15H2,1-3H3. The predicted octanol–water partition coefficient (Wildman–Crippen LogP) is 4.79. The number of rotatable bonds is 7. The van der Waals surface area contributed by atoms with Crippen molar-refractivity contribution < 1.29 is 18.7 Å². The summed E-state index contributed by atoms with van der Waals surface area (Å²) in [6.45, 7) is 6.23. The van der Waals surface area contributed by atoms with E-state index in [1.165, 1.54) is 12.1 Å². The van der Waals surface area contributed by atoms with Gasteiger partial charge in [0.2, 0.25) is 0 Å². The number of H-pyrrole nitrogens is 1. The van der Waals surface area contributed by atoms with Crippen LogP contribution in [0.2, 0.25) is 0 Å². The molecule has 6 heteroatoms. The zero-order chi connectivity index (χ0) is 21.7. The molecule has 0 aliphatic heterocycles. The van der Waals surface area contributed by atoms with Gasteiger partial charge in [0, 0.05) is 18.8 Å². The van der Waals surface area contributed by atoms with Crippen LogP contribution in [0.5, 0.6) is 0 Å².